The number of aromatic nitrogens is 1. The lowest BCUT2D eigenvalue weighted by Crippen LogP contribution is -2.39. The number of halogens is 2. The predicted octanol–water partition coefficient (Wildman–Crippen LogP) is 2.98. The van der Waals surface area contributed by atoms with Gasteiger partial charge in [-0.2, -0.15) is 4.31 Å². The molecule has 0 radical (unpaired) electrons. The molecule has 6 nitrogen and oxygen atoms in total. The van der Waals surface area contributed by atoms with E-state index in [1.807, 2.05) is 37.3 Å². The van der Waals surface area contributed by atoms with Crippen molar-refractivity contribution in [3.63, 3.8) is 0 Å². The third-order valence-electron chi connectivity index (χ3n) is 5.39. The summed E-state index contributed by atoms with van der Waals surface area (Å²) in [5, 5.41) is 3.17. The minimum absolute atomic E-state index is 0. The molecule has 166 valence electrons. The Morgan fingerprint density at radius 3 is 2.61 bits per heavy atom. The summed E-state index contributed by atoms with van der Waals surface area (Å²) in [7, 11) is -3.95. The van der Waals surface area contributed by atoms with E-state index in [0.717, 1.165) is 18.3 Å². The van der Waals surface area contributed by atoms with E-state index in [-0.39, 0.29) is 40.7 Å². The SMILES string of the molecule is C[C@H]1CN(S(=O)(=O)c2cccc3c(=O)n(Cc4ccccc4)cc(F)c23)CCCN1.Cl. The molecule has 1 aromatic heterocycles. The Balaban J connectivity index is 0.00000272. The van der Waals surface area contributed by atoms with Crippen LogP contribution in [0, 0.1) is 5.82 Å². The fourth-order valence-electron chi connectivity index (χ4n) is 3.91. The lowest BCUT2D eigenvalue weighted by Gasteiger charge is -2.23. The van der Waals surface area contributed by atoms with Crippen LogP contribution in [0.1, 0.15) is 18.9 Å². The number of rotatable bonds is 4. The summed E-state index contributed by atoms with van der Waals surface area (Å²) in [6.45, 7) is 3.49. The van der Waals surface area contributed by atoms with Gasteiger partial charge in [0.25, 0.3) is 5.56 Å². The van der Waals surface area contributed by atoms with Crippen LogP contribution in [0.25, 0.3) is 10.8 Å². The Morgan fingerprint density at radius 1 is 1.13 bits per heavy atom. The van der Waals surface area contributed by atoms with Crippen molar-refractivity contribution in [1.29, 1.82) is 0 Å². The number of sulfonamides is 1. The third-order valence-corrected chi connectivity index (χ3v) is 7.30. The Bertz CT molecular complexity index is 1230. The third kappa shape index (κ3) is 4.67. The second-order valence-corrected chi connectivity index (χ2v) is 9.55. The summed E-state index contributed by atoms with van der Waals surface area (Å²) in [6, 6.07) is 13.6. The first-order valence-electron chi connectivity index (χ1n) is 9.97. The fraction of sp³-hybridized carbons (Fsp3) is 0.318. The fourth-order valence-corrected chi connectivity index (χ4v) is 5.69. The number of pyridine rings is 1. The van der Waals surface area contributed by atoms with Crippen LogP contribution in [0.5, 0.6) is 0 Å². The molecule has 31 heavy (non-hydrogen) atoms. The van der Waals surface area contributed by atoms with E-state index in [1.165, 1.54) is 27.1 Å². The Morgan fingerprint density at radius 2 is 1.87 bits per heavy atom. The summed E-state index contributed by atoms with van der Waals surface area (Å²) in [4.78, 5) is 12.9. The normalized spacial score (nSPS) is 17.8. The first kappa shape index (κ1) is 23.4. The standard InChI is InChI=1S/C22H24FN3O3S.ClH/c1-16-13-26(12-6-11-24-16)30(28,29)20-10-5-9-18-21(20)19(23)15-25(22(18)27)14-17-7-3-2-4-8-17;/h2-5,7-10,15-16,24H,6,11-14H2,1H3;1H/t16-;/m0./s1. The van der Waals surface area contributed by atoms with Gasteiger partial charge in [0, 0.05) is 30.7 Å². The molecule has 2 heterocycles. The van der Waals surface area contributed by atoms with Gasteiger partial charge in [-0.05, 0) is 37.6 Å². The highest BCUT2D eigenvalue weighted by Crippen LogP contribution is 2.27. The summed E-state index contributed by atoms with van der Waals surface area (Å²) < 4.78 is 44.6. The van der Waals surface area contributed by atoms with Gasteiger partial charge in [0.2, 0.25) is 10.0 Å². The molecule has 3 aromatic rings. The van der Waals surface area contributed by atoms with Crippen molar-refractivity contribution >= 4 is 33.2 Å². The van der Waals surface area contributed by atoms with Crippen molar-refractivity contribution in [2.75, 3.05) is 19.6 Å². The molecule has 1 saturated heterocycles. The molecule has 0 spiro atoms. The average molecular weight is 466 g/mol. The number of hydrogen-bond donors (Lipinski definition) is 1. The number of benzene rings is 2. The summed E-state index contributed by atoms with van der Waals surface area (Å²) in [5.74, 6) is -0.722. The van der Waals surface area contributed by atoms with Crippen LogP contribution >= 0.6 is 12.4 Å². The van der Waals surface area contributed by atoms with E-state index in [2.05, 4.69) is 5.32 Å². The zero-order valence-electron chi connectivity index (χ0n) is 17.1. The van der Waals surface area contributed by atoms with Gasteiger partial charge in [0.1, 0.15) is 5.82 Å². The highest BCUT2D eigenvalue weighted by molar-refractivity contribution is 7.89. The van der Waals surface area contributed by atoms with Gasteiger partial charge < -0.3 is 9.88 Å². The highest BCUT2D eigenvalue weighted by Gasteiger charge is 2.30. The second kappa shape index (κ2) is 9.48. The summed E-state index contributed by atoms with van der Waals surface area (Å²) in [6.07, 6.45) is 1.77. The maximum Gasteiger partial charge on any atom is 0.258 e. The number of fused-ring (bicyclic) bond motifs is 1. The van der Waals surface area contributed by atoms with Gasteiger partial charge >= 0.3 is 0 Å². The molecule has 1 atom stereocenters. The van der Waals surface area contributed by atoms with Crippen molar-refractivity contribution in [3.8, 4) is 0 Å². The number of nitrogens with one attached hydrogen (secondary N) is 1. The summed E-state index contributed by atoms with van der Waals surface area (Å²) in [5.41, 5.74) is 0.436. The van der Waals surface area contributed by atoms with Gasteiger partial charge in [0.15, 0.2) is 0 Å². The molecule has 1 N–H and O–H groups in total. The molecule has 0 saturated carbocycles. The largest absolute Gasteiger partial charge is 0.313 e. The number of nitrogens with zero attached hydrogens (tertiary/aromatic N) is 2. The van der Waals surface area contributed by atoms with E-state index in [1.54, 1.807) is 0 Å². The smallest absolute Gasteiger partial charge is 0.258 e. The maximum absolute atomic E-state index is 15.2. The molecule has 0 unspecified atom stereocenters. The van der Waals surface area contributed by atoms with Crippen molar-refractivity contribution in [3.05, 3.63) is 76.5 Å². The van der Waals surface area contributed by atoms with Crippen LogP contribution in [-0.4, -0.2) is 43.0 Å². The van der Waals surface area contributed by atoms with Gasteiger partial charge in [-0.1, -0.05) is 36.4 Å². The van der Waals surface area contributed by atoms with E-state index in [4.69, 9.17) is 0 Å². The van der Waals surface area contributed by atoms with E-state index in [9.17, 15) is 13.2 Å². The quantitative estimate of drug-likeness (QED) is 0.643. The molecule has 0 amide bonds. The van der Waals surface area contributed by atoms with Crippen molar-refractivity contribution in [1.82, 2.24) is 14.2 Å². The monoisotopic (exact) mass is 465 g/mol. The topological polar surface area (TPSA) is 71.4 Å². The average Bonchev–Trinajstić information content (AvgIpc) is 2.97. The molecular formula is C22H25ClFN3O3S. The maximum atomic E-state index is 15.2. The van der Waals surface area contributed by atoms with Crippen LogP contribution in [0.3, 0.4) is 0 Å². The first-order chi connectivity index (χ1) is 14.4. The molecule has 1 fully saturated rings. The van der Waals surface area contributed by atoms with Crippen LogP contribution < -0.4 is 10.9 Å². The van der Waals surface area contributed by atoms with Crippen LogP contribution in [0.15, 0.2) is 64.4 Å². The van der Waals surface area contributed by atoms with Gasteiger partial charge in [-0.25, -0.2) is 12.8 Å². The van der Waals surface area contributed by atoms with Crippen molar-refractivity contribution in [2.24, 2.45) is 0 Å². The Labute approximate surface area is 187 Å². The Hall–Kier alpha value is -2.26. The molecular weight excluding hydrogens is 441 g/mol. The molecule has 0 bridgehead atoms. The minimum Gasteiger partial charge on any atom is -0.313 e. The first-order valence-corrected chi connectivity index (χ1v) is 11.4. The predicted molar refractivity (Wildman–Crippen MR) is 122 cm³/mol. The second-order valence-electron chi connectivity index (χ2n) is 7.65. The zero-order chi connectivity index (χ0) is 21.3. The lowest BCUT2D eigenvalue weighted by molar-refractivity contribution is 0.403. The van der Waals surface area contributed by atoms with E-state index in [0.29, 0.717) is 19.5 Å². The van der Waals surface area contributed by atoms with Gasteiger partial charge in [0.05, 0.1) is 16.8 Å². The van der Waals surface area contributed by atoms with Crippen LogP contribution in [-0.2, 0) is 16.6 Å². The minimum atomic E-state index is -3.95. The molecule has 1 aliphatic heterocycles. The highest BCUT2D eigenvalue weighted by atomic mass is 35.5. The molecule has 2 aromatic carbocycles. The van der Waals surface area contributed by atoms with Gasteiger partial charge in [-0.3, -0.25) is 4.79 Å². The molecule has 4 rings (SSSR count). The zero-order valence-corrected chi connectivity index (χ0v) is 18.8. The molecule has 0 aliphatic carbocycles. The van der Waals surface area contributed by atoms with E-state index >= 15 is 4.39 Å². The van der Waals surface area contributed by atoms with E-state index < -0.39 is 21.4 Å². The molecule has 1 aliphatic rings. The van der Waals surface area contributed by atoms with Crippen molar-refractivity contribution in [2.45, 2.75) is 30.8 Å². The van der Waals surface area contributed by atoms with Crippen molar-refractivity contribution < 1.29 is 12.8 Å². The Kier molecular flexibility index (Phi) is 7.16. The van der Waals surface area contributed by atoms with Gasteiger partial charge in [-0.15, -0.1) is 12.4 Å². The number of hydrogen-bond acceptors (Lipinski definition) is 4. The lowest BCUT2D eigenvalue weighted by atomic mass is 10.1. The van der Waals surface area contributed by atoms with Crippen LogP contribution in [0.2, 0.25) is 0 Å². The molecule has 9 heteroatoms. The van der Waals surface area contributed by atoms with Crippen LogP contribution in [0.4, 0.5) is 4.39 Å². The summed E-state index contributed by atoms with van der Waals surface area (Å²) >= 11 is 0.